The largest absolute Gasteiger partial charge is 0.393 e. The van der Waals surface area contributed by atoms with Crippen LogP contribution in [0.25, 0.3) is 0 Å². The van der Waals surface area contributed by atoms with Gasteiger partial charge < -0.3 is 9.84 Å². The molecule has 0 radical (unpaired) electrons. The summed E-state index contributed by atoms with van der Waals surface area (Å²) in [6.45, 7) is 4.07. The first-order valence-electron chi connectivity index (χ1n) is 9.44. The number of aliphatic hydroxyl groups excluding tert-OH is 1. The third-order valence-electron chi connectivity index (χ3n) is 7.76. The molecule has 24 heavy (non-hydrogen) atoms. The molecule has 5 rings (SSSR count). The van der Waals surface area contributed by atoms with Crippen LogP contribution in [-0.4, -0.2) is 28.7 Å². The lowest BCUT2D eigenvalue weighted by molar-refractivity contribution is -0.0572. The number of ether oxygens (including phenoxy) is 1. The van der Waals surface area contributed by atoms with E-state index in [1.807, 2.05) is 6.07 Å². The SMILES string of the molecule is CC(=O)c1ccc2c(c1)CC[C@H]1[C@H]2C[C@@H]2O[C@@]23C[C@@H](O)CC[C@]13C. The minimum absolute atomic E-state index is 0.0529. The number of carbonyl (C=O) groups excluding carboxylic acids is 1. The van der Waals surface area contributed by atoms with E-state index in [0.717, 1.165) is 37.7 Å². The summed E-state index contributed by atoms with van der Waals surface area (Å²) < 4.78 is 6.30. The molecule has 1 saturated heterocycles. The number of hydrogen-bond donors (Lipinski definition) is 1. The van der Waals surface area contributed by atoms with E-state index in [0.29, 0.717) is 17.9 Å². The quantitative estimate of drug-likeness (QED) is 0.633. The normalized spacial score (nSPS) is 45.5. The average molecular weight is 326 g/mol. The van der Waals surface area contributed by atoms with Crippen LogP contribution in [0.15, 0.2) is 18.2 Å². The zero-order valence-electron chi connectivity index (χ0n) is 14.5. The molecule has 6 atom stereocenters. The fourth-order valence-electron chi connectivity index (χ4n) is 6.42. The number of rotatable bonds is 1. The molecule has 1 aliphatic heterocycles. The highest BCUT2D eigenvalue weighted by atomic mass is 16.6. The molecule has 1 aromatic carbocycles. The number of fused-ring (bicyclic) bond motifs is 4. The van der Waals surface area contributed by atoms with E-state index in [9.17, 15) is 9.90 Å². The average Bonchev–Trinajstić information content (AvgIpc) is 3.26. The van der Waals surface area contributed by atoms with Gasteiger partial charge in [0, 0.05) is 17.4 Å². The molecule has 1 heterocycles. The standard InChI is InChI=1S/C21H26O3/c1-12(22)13-3-5-16-14(9-13)4-6-18-17(16)10-19-21(24-19)11-15(23)7-8-20(18,21)2/h3,5,9,15,17-19,23H,4,6-8,10-11H2,1-2H3/t15-,17-,18-,19-,20+,21-/m0/s1. The molecule has 0 aromatic heterocycles. The lowest BCUT2D eigenvalue weighted by Crippen LogP contribution is -2.54. The molecule has 3 heteroatoms. The van der Waals surface area contributed by atoms with E-state index < -0.39 is 0 Å². The molecule has 1 spiro atoms. The van der Waals surface area contributed by atoms with Crippen molar-refractivity contribution in [3.05, 3.63) is 34.9 Å². The Balaban J connectivity index is 1.54. The van der Waals surface area contributed by atoms with Crippen LogP contribution in [0.4, 0.5) is 0 Å². The van der Waals surface area contributed by atoms with Gasteiger partial charge in [0.25, 0.3) is 0 Å². The minimum Gasteiger partial charge on any atom is -0.393 e. The second-order valence-electron chi connectivity index (χ2n) is 8.77. The number of aliphatic hydroxyl groups is 1. The van der Waals surface area contributed by atoms with E-state index in [2.05, 4.69) is 19.1 Å². The Bertz CT molecular complexity index is 726. The van der Waals surface area contributed by atoms with Crippen molar-refractivity contribution < 1.29 is 14.6 Å². The Morgan fingerprint density at radius 3 is 2.96 bits per heavy atom. The summed E-state index contributed by atoms with van der Waals surface area (Å²) in [7, 11) is 0. The number of carbonyl (C=O) groups is 1. The van der Waals surface area contributed by atoms with Gasteiger partial charge in [-0.05, 0) is 68.1 Å². The monoisotopic (exact) mass is 326 g/mol. The lowest BCUT2D eigenvalue weighted by Gasteiger charge is -2.54. The fourth-order valence-corrected chi connectivity index (χ4v) is 6.42. The zero-order chi connectivity index (χ0) is 16.7. The minimum atomic E-state index is -0.186. The third-order valence-corrected chi connectivity index (χ3v) is 7.76. The van der Waals surface area contributed by atoms with Crippen molar-refractivity contribution in [3.8, 4) is 0 Å². The molecular formula is C21H26O3. The van der Waals surface area contributed by atoms with Crippen LogP contribution in [0.1, 0.15) is 73.4 Å². The highest BCUT2D eigenvalue weighted by Crippen LogP contribution is 2.71. The Hall–Kier alpha value is -1.19. The molecule has 0 amide bonds. The van der Waals surface area contributed by atoms with Gasteiger partial charge in [0.1, 0.15) is 5.60 Å². The van der Waals surface area contributed by atoms with Gasteiger partial charge >= 0.3 is 0 Å². The smallest absolute Gasteiger partial charge is 0.159 e. The summed E-state index contributed by atoms with van der Waals surface area (Å²) >= 11 is 0. The van der Waals surface area contributed by atoms with Gasteiger partial charge in [-0.1, -0.05) is 19.1 Å². The molecule has 1 N–H and O–H groups in total. The van der Waals surface area contributed by atoms with Crippen LogP contribution >= 0.6 is 0 Å². The van der Waals surface area contributed by atoms with Crippen molar-refractivity contribution in [2.24, 2.45) is 11.3 Å². The van der Waals surface area contributed by atoms with Crippen molar-refractivity contribution in [1.82, 2.24) is 0 Å². The predicted octanol–water partition coefficient (Wildman–Crippen LogP) is 3.63. The molecule has 4 aliphatic rings. The predicted molar refractivity (Wildman–Crippen MR) is 91.2 cm³/mol. The first kappa shape index (κ1) is 15.1. The van der Waals surface area contributed by atoms with Crippen LogP contribution in [0.3, 0.4) is 0 Å². The first-order valence-corrected chi connectivity index (χ1v) is 9.44. The number of Topliss-reactive ketones (excluding diaryl/α,β-unsaturated/α-hetero) is 1. The lowest BCUT2D eigenvalue weighted by atomic mass is 9.48. The first-order chi connectivity index (χ1) is 11.4. The summed E-state index contributed by atoms with van der Waals surface area (Å²) in [6.07, 6.45) is 6.28. The van der Waals surface area contributed by atoms with Crippen molar-refractivity contribution in [3.63, 3.8) is 0 Å². The summed E-state index contributed by atoms with van der Waals surface area (Å²) in [5.41, 5.74) is 3.80. The Labute approximate surface area is 143 Å². The number of ketones is 1. The zero-order valence-corrected chi connectivity index (χ0v) is 14.5. The second-order valence-corrected chi connectivity index (χ2v) is 8.77. The highest BCUT2D eigenvalue weighted by Gasteiger charge is 2.74. The number of hydrogen-bond acceptors (Lipinski definition) is 3. The molecular weight excluding hydrogens is 300 g/mol. The molecule has 0 unspecified atom stereocenters. The summed E-state index contributed by atoms with van der Waals surface area (Å²) in [4.78, 5) is 11.7. The molecule has 128 valence electrons. The van der Waals surface area contributed by atoms with Gasteiger partial charge in [-0.15, -0.1) is 0 Å². The van der Waals surface area contributed by atoms with Gasteiger partial charge in [0.15, 0.2) is 5.78 Å². The van der Waals surface area contributed by atoms with E-state index in [1.54, 1.807) is 6.92 Å². The highest BCUT2D eigenvalue weighted by molar-refractivity contribution is 5.94. The van der Waals surface area contributed by atoms with Gasteiger partial charge in [-0.25, -0.2) is 0 Å². The molecule has 3 fully saturated rings. The number of epoxide rings is 1. The van der Waals surface area contributed by atoms with E-state index in [-0.39, 0.29) is 22.9 Å². The summed E-state index contributed by atoms with van der Waals surface area (Å²) in [5, 5.41) is 10.2. The maximum absolute atomic E-state index is 11.7. The maximum atomic E-state index is 11.7. The Kier molecular flexibility index (Phi) is 2.96. The Morgan fingerprint density at radius 2 is 2.17 bits per heavy atom. The topological polar surface area (TPSA) is 49.8 Å². The van der Waals surface area contributed by atoms with Crippen molar-refractivity contribution >= 4 is 5.78 Å². The van der Waals surface area contributed by atoms with Gasteiger partial charge in [-0.3, -0.25) is 4.79 Å². The van der Waals surface area contributed by atoms with Crippen molar-refractivity contribution in [1.29, 1.82) is 0 Å². The van der Waals surface area contributed by atoms with E-state index >= 15 is 0 Å². The molecule has 3 nitrogen and oxygen atoms in total. The van der Waals surface area contributed by atoms with Crippen molar-refractivity contribution in [2.75, 3.05) is 0 Å². The van der Waals surface area contributed by atoms with Gasteiger partial charge in [-0.2, -0.15) is 0 Å². The maximum Gasteiger partial charge on any atom is 0.159 e. The van der Waals surface area contributed by atoms with Gasteiger partial charge in [0.05, 0.1) is 12.2 Å². The molecule has 1 aromatic rings. The summed E-state index contributed by atoms with van der Waals surface area (Å²) in [6, 6.07) is 6.34. The van der Waals surface area contributed by atoms with Crippen LogP contribution in [0.5, 0.6) is 0 Å². The third kappa shape index (κ3) is 1.78. The summed E-state index contributed by atoms with van der Waals surface area (Å²) in [5.74, 6) is 1.34. The van der Waals surface area contributed by atoms with Crippen molar-refractivity contribution in [2.45, 2.75) is 76.1 Å². The number of aryl methyl sites for hydroxylation is 1. The van der Waals surface area contributed by atoms with E-state index in [4.69, 9.17) is 4.74 Å². The van der Waals surface area contributed by atoms with Crippen LogP contribution in [-0.2, 0) is 11.2 Å². The molecule has 3 aliphatic carbocycles. The van der Waals surface area contributed by atoms with Gasteiger partial charge in [0.2, 0.25) is 0 Å². The fraction of sp³-hybridized carbons (Fsp3) is 0.667. The molecule has 0 bridgehead atoms. The second kappa shape index (κ2) is 4.70. The number of benzene rings is 1. The van der Waals surface area contributed by atoms with Crippen LogP contribution < -0.4 is 0 Å². The van der Waals surface area contributed by atoms with Crippen LogP contribution in [0, 0.1) is 11.3 Å². The van der Waals surface area contributed by atoms with Crippen LogP contribution in [0.2, 0.25) is 0 Å². The molecule has 2 saturated carbocycles. The van der Waals surface area contributed by atoms with E-state index in [1.165, 1.54) is 17.5 Å². The Morgan fingerprint density at radius 1 is 1.33 bits per heavy atom.